The van der Waals surface area contributed by atoms with Gasteiger partial charge in [-0.05, 0) is 17.8 Å². The molecule has 102 valence electrons. The second-order valence-electron chi connectivity index (χ2n) is 5.94. The Kier molecular flexibility index (Phi) is 4.75. The maximum atomic E-state index is 9.60. The van der Waals surface area contributed by atoms with Crippen LogP contribution in [0.5, 0.6) is 0 Å². The van der Waals surface area contributed by atoms with Gasteiger partial charge in [-0.3, -0.25) is 0 Å². The fourth-order valence-corrected chi connectivity index (χ4v) is 2.99. The van der Waals surface area contributed by atoms with E-state index >= 15 is 0 Å². The zero-order chi connectivity index (χ0) is 13.0. The second kappa shape index (κ2) is 6.32. The van der Waals surface area contributed by atoms with E-state index in [0.29, 0.717) is 17.8 Å². The summed E-state index contributed by atoms with van der Waals surface area (Å²) < 4.78 is 2.00. The number of aliphatic hydroxyl groups excluding tert-OH is 1. The van der Waals surface area contributed by atoms with Gasteiger partial charge < -0.3 is 5.11 Å². The first kappa shape index (κ1) is 13.5. The van der Waals surface area contributed by atoms with Gasteiger partial charge in [-0.2, -0.15) is 5.10 Å². The zero-order valence-electron chi connectivity index (χ0n) is 11.5. The minimum Gasteiger partial charge on any atom is -0.396 e. The van der Waals surface area contributed by atoms with Crippen molar-refractivity contribution in [3.63, 3.8) is 0 Å². The summed E-state index contributed by atoms with van der Waals surface area (Å²) in [7, 11) is 0. The lowest BCUT2D eigenvalue weighted by Crippen LogP contribution is -2.22. The lowest BCUT2D eigenvalue weighted by Gasteiger charge is -2.21. The summed E-state index contributed by atoms with van der Waals surface area (Å²) in [6.07, 6.45) is 7.68. The highest BCUT2D eigenvalue weighted by atomic mass is 16.3. The maximum Gasteiger partial charge on any atom is 0.138 e. The molecule has 0 aromatic carbocycles. The van der Waals surface area contributed by atoms with Crippen molar-refractivity contribution in [1.82, 2.24) is 14.8 Å². The van der Waals surface area contributed by atoms with Gasteiger partial charge in [-0.15, -0.1) is 0 Å². The molecule has 1 fully saturated rings. The van der Waals surface area contributed by atoms with Crippen molar-refractivity contribution in [2.24, 2.45) is 17.8 Å². The Labute approximate surface area is 109 Å². The van der Waals surface area contributed by atoms with Crippen LogP contribution in [-0.2, 0) is 13.0 Å². The van der Waals surface area contributed by atoms with Crippen LogP contribution in [0.2, 0.25) is 0 Å². The standard InChI is InChI=1S/C14H25N3O/c1-11(2)8-17-14(15-10-16-17)7-13(9-18)12-5-3-4-6-12/h10-13,18H,3-9H2,1-2H3. The Hall–Kier alpha value is -0.900. The number of nitrogens with zero attached hydrogens (tertiary/aromatic N) is 3. The molecule has 1 aliphatic carbocycles. The third kappa shape index (κ3) is 3.31. The maximum absolute atomic E-state index is 9.60. The van der Waals surface area contributed by atoms with Gasteiger partial charge in [0, 0.05) is 19.6 Å². The molecule has 0 aliphatic heterocycles. The first-order valence-corrected chi connectivity index (χ1v) is 7.18. The molecule has 1 aliphatic rings. The van der Waals surface area contributed by atoms with Crippen LogP contribution in [0.4, 0.5) is 0 Å². The summed E-state index contributed by atoms with van der Waals surface area (Å²) in [5.41, 5.74) is 0. The monoisotopic (exact) mass is 251 g/mol. The minimum atomic E-state index is 0.277. The van der Waals surface area contributed by atoms with Gasteiger partial charge in [0.15, 0.2) is 0 Å². The van der Waals surface area contributed by atoms with Gasteiger partial charge in [-0.1, -0.05) is 39.5 Å². The van der Waals surface area contributed by atoms with Crippen molar-refractivity contribution in [3.05, 3.63) is 12.2 Å². The molecule has 2 rings (SSSR count). The summed E-state index contributed by atoms with van der Waals surface area (Å²) in [6, 6.07) is 0. The third-order valence-corrected chi connectivity index (χ3v) is 3.98. The predicted octanol–water partition coefficient (Wildman–Crippen LogP) is 2.28. The average Bonchev–Trinajstić information content (AvgIpc) is 2.96. The van der Waals surface area contributed by atoms with E-state index in [2.05, 4.69) is 23.9 Å². The number of hydrogen-bond acceptors (Lipinski definition) is 3. The number of hydrogen-bond donors (Lipinski definition) is 1. The molecule has 1 aromatic rings. The molecule has 1 saturated carbocycles. The SMILES string of the molecule is CC(C)Cn1ncnc1CC(CO)C1CCCC1. The van der Waals surface area contributed by atoms with E-state index in [4.69, 9.17) is 0 Å². The molecule has 18 heavy (non-hydrogen) atoms. The second-order valence-corrected chi connectivity index (χ2v) is 5.94. The van der Waals surface area contributed by atoms with E-state index in [1.807, 2.05) is 4.68 Å². The van der Waals surface area contributed by atoms with Gasteiger partial charge in [0.25, 0.3) is 0 Å². The van der Waals surface area contributed by atoms with E-state index in [-0.39, 0.29) is 6.61 Å². The molecular formula is C14H25N3O. The molecule has 0 saturated heterocycles. The Morgan fingerprint density at radius 1 is 1.39 bits per heavy atom. The average molecular weight is 251 g/mol. The number of aliphatic hydroxyl groups is 1. The van der Waals surface area contributed by atoms with Gasteiger partial charge in [0.2, 0.25) is 0 Å². The van der Waals surface area contributed by atoms with Gasteiger partial charge in [0.05, 0.1) is 0 Å². The van der Waals surface area contributed by atoms with Crippen LogP contribution in [0, 0.1) is 17.8 Å². The van der Waals surface area contributed by atoms with Gasteiger partial charge in [0.1, 0.15) is 12.2 Å². The van der Waals surface area contributed by atoms with Crippen molar-refractivity contribution in [2.45, 2.75) is 52.5 Å². The van der Waals surface area contributed by atoms with Crippen LogP contribution < -0.4 is 0 Å². The van der Waals surface area contributed by atoms with E-state index in [1.54, 1.807) is 6.33 Å². The summed E-state index contributed by atoms with van der Waals surface area (Å²) in [6.45, 7) is 5.56. The summed E-state index contributed by atoms with van der Waals surface area (Å²) in [5, 5.41) is 13.9. The minimum absolute atomic E-state index is 0.277. The van der Waals surface area contributed by atoms with Crippen molar-refractivity contribution in [3.8, 4) is 0 Å². The lowest BCUT2D eigenvalue weighted by molar-refractivity contribution is 0.172. The highest BCUT2D eigenvalue weighted by Crippen LogP contribution is 2.32. The molecule has 0 amide bonds. The van der Waals surface area contributed by atoms with Crippen LogP contribution in [0.3, 0.4) is 0 Å². The lowest BCUT2D eigenvalue weighted by atomic mass is 9.88. The summed E-state index contributed by atoms with van der Waals surface area (Å²) >= 11 is 0. The van der Waals surface area contributed by atoms with Crippen LogP contribution in [0.25, 0.3) is 0 Å². The van der Waals surface area contributed by atoms with Crippen LogP contribution in [-0.4, -0.2) is 26.5 Å². The Bertz CT molecular complexity index is 356. The van der Waals surface area contributed by atoms with Crippen molar-refractivity contribution < 1.29 is 5.11 Å². The zero-order valence-corrected chi connectivity index (χ0v) is 11.5. The molecule has 0 spiro atoms. The first-order valence-electron chi connectivity index (χ1n) is 7.18. The molecular weight excluding hydrogens is 226 g/mol. The molecule has 4 nitrogen and oxygen atoms in total. The normalized spacial score (nSPS) is 18.7. The van der Waals surface area contributed by atoms with Gasteiger partial charge in [-0.25, -0.2) is 9.67 Å². The van der Waals surface area contributed by atoms with Crippen LogP contribution >= 0.6 is 0 Å². The molecule has 1 atom stereocenters. The fourth-order valence-electron chi connectivity index (χ4n) is 2.99. The predicted molar refractivity (Wildman–Crippen MR) is 71.1 cm³/mol. The Morgan fingerprint density at radius 2 is 2.11 bits per heavy atom. The molecule has 4 heteroatoms. The van der Waals surface area contributed by atoms with Crippen molar-refractivity contribution in [1.29, 1.82) is 0 Å². The number of rotatable bonds is 6. The molecule has 0 radical (unpaired) electrons. The topological polar surface area (TPSA) is 50.9 Å². The Balaban J connectivity index is 2.00. The first-order chi connectivity index (χ1) is 8.70. The molecule has 0 bridgehead atoms. The summed E-state index contributed by atoms with van der Waals surface area (Å²) in [5.74, 6) is 2.65. The van der Waals surface area contributed by atoms with Crippen LogP contribution in [0.15, 0.2) is 6.33 Å². The van der Waals surface area contributed by atoms with E-state index in [9.17, 15) is 5.11 Å². The van der Waals surface area contributed by atoms with E-state index in [0.717, 1.165) is 18.8 Å². The van der Waals surface area contributed by atoms with Crippen molar-refractivity contribution >= 4 is 0 Å². The summed E-state index contributed by atoms with van der Waals surface area (Å²) in [4.78, 5) is 4.37. The smallest absolute Gasteiger partial charge is 0.138 e. The Morgan fingerprint density at radius 3 is 2.72 bits per heavy atom. The van der Waals surface area contributed by atoms with Crippen LogP contribution in [0.1, 0.15) is 45.4 Å². The number of aromatic nitrogens is 3. The highest BCUT2D eigenvalue weighted by molar-refractivity contribution is 4.90. The van der Waals surface area contributed by atoms with Gasteiger partial charge >= 0.3 is 0 Å². The quantitative estimate of drug-likeness (QED) is 0.844. The van der Waals surface area contributed by atoms with E-state index < -0.39 is 0 Å². The molecule has 1 unspecified atom stereocenters. The highest BCUT2D eigenvalue weighted by Gasteiger charge is 2.26. The molecule has 1 N–H and O–H groups in total. The largest absolute Gasteiger partial charge is 0.396 e. The third-order valence-electron chi connectivity index (χ3n) is 3.98. The molecule has 1 aromatic heterocycles. The van der Waals surface area contributed by atoms with Crippen molar-refractivity contribution in [2.75, 3.05) is 6.61 Å². The fraction of sp³-hybridized carbons (Fsp3) is 0.857. The molecule has 1 heterocycles. The van der Waals surface area contributed by atoms with E-state index in [1.165, 1.54) is 25.7 Å².